The Morgan fingerprint density at radius 3 is 2.67 bits per heavy atom. The van der Waals surface area contributed by atoms with Crippen molar-refractivity contribution < 1.29 is 8.78 Å². The van der Waals surface area contributed by atoms with Gasteiger partial charge in [-0.1, -0.05) is 17.7 Å². The van der Waals surface area contributed by atoms with Crippen LogP contribution in [0.1, 0.15) is 0 Å². The van der Waals surface area contributed by atoms with E-state index in [1.54, 1.807) is 5.32 Å². The Morgan fingerprint density at radius 1 is 1.67 bits per heavy atom. The standard InChI is InChI=1S/C5H4ClF2N/c6-5(8)3-1-2-4(7)9-5/h1-3,9H. The third kappa shape index (κ3) is 1.68. The van der Waals surface area contributed by atoms with Gasteiger partial charge < -0.3 is 5.32 Å². The van der Waals surface area contributed by atoms with Crippen LogP contribution in [0.25, 0.3) is 0 Å². The normalized spacial score (nSPS) is 33.4. The molecular formula is C5H4ClF2N. The van der Waals surface area contributed by atoms with E-state index < -0.39 is 11.2 Å². The van der Waals surface area contributed by atoms with Crippen molar-refractivity contribution in [3.8, 4) is 0 Å². The highest BCUT2D eigenvalue weighted by Gasteiger charge is 2.24. The predicted molar refractivity (Wildman–Crippen MR) is 31.2 cm³/mol. The minimum absolute atomic E-state index is 0.769. The maximum Gasteiger partial charge on any atom is 0.277 e. The molecule has 4 heteroatoms. The Labute approximate surface area is 56.0 Å². The Bertz CT molecular complexity index is 174. The first-order valence-electron chi connectivity index (χ1n) is 2.31. The molecule has 0 bridgehead atoms. The van der Waals surface area contributed by atoms with E-state index in [0.717, 1.165) is 12.2 Å². The Morgan fingerprint density at radius 2 is 2.33 bits per heavy atom. The summed E-state index contributed by atoms with van der Waals surface area (Å²) in [6.07, 6.45) is 3.30. The van der Waals surface area contributed by atoms with Crippen molar-refractivity contribution in [3.63, 3.8) is 0 Å². The number of allylic oxidation sites excluding steroid dienone is 2. The van der Waals surface area contributed by atoms with Crippen molar-refractivity contribution in [1.29, 1.82) is 0 Å². The third-order valence-corrected chi connectivity index (χ3v) is 1.05. The first-order valence-corrected chi connectivity index (χ1v) is 2.69. The van der Waals surface area contributed by atoms with E-state index >= 15 is 0 Å². The fourth-order valence-electron chi connectivity index (χ4n) is 0.496. The van der Waals surface area contributed by atoms with E-state index in [0.29, 0.717) is 0 Å². The van der Waals surface area contributed by atoms with Gasteiger partial charge in [-0.15, -0.1) is 0 Å². The van der Waals surface area contributed by atoms with Crippen LogP contribution in [-0.4, -0.2) is 5.25 Å². The lowest BCUT2D eigenvalue weighted by atomic mass is 10.4. The van der Waals surface area contributed by atoms with Crippen LogP contribution >= 0.6 is 11.6 Å². The van der Waals surface area contributed by atoms with Crippen molar-refractivity contribution in [1.82, 2.24) is 5.32 Å². The first-order chi connectivity index (χ1) is 4.10. The summed E-state index contributed by atoms with van der Waals surface area (Å²) in [6, 6.07) is 0. The van der Waals surface area contributed by atoms with Crippen molar-refractivity contribution >= 4 is 11.6 Å². The van der Waals surface area contributed by atoms with E-state index in [1.165, 1.54) is 6.08 Å². The molecule has 1 unspecified atom stereocenters. The number of alkyl halides is 2. The second-order valence-electron chi connectivity index (χ2n) is 1.62. The predicted octanol–water partition coefficient (Wildman–Crippen LogP) is 1.82. The number of hydrogen-bond donors (Lipinski definition) is 1. The fraction of sp³-hybridized carbons (Fsp3) is 0.200. The summed E-state index contributed by atoms with van der Waals surface area (Å²) >= 11 is 5.02. The highest BCUT2D eigenvalue weighted by atomic mass is 35.5. The molecule has 50 valence electrons. The molecule has 1 nitrogen and oxygen atoms in total. The number of halogens is 3. The van der Waals surface area contributed by atoms with Crippen molar-refractivity contribution in [2.75, 3.05) is 0 Å². The molecule has 0 amide bonds. The molecule has 0 aromatic rings. The van der Waals surface area contributed by atoms with Crippen molar-refractivity contribution in [2.45, 2.75) is 5.25 Å². The number of nitrogens with one attached hydrogen (secondary N) is 1. The van der Waals surface area contributed by atoms with Gasteiger partial charge in [-0.2, -0.15) is 8.78 Å². The molecule has 0 saturated heterocycles. The molecule has 0 radical (unpaired) electrons. The highest BCUT2D eigenvalue weighted by Crippen LogP contribution is 2.20. The Kier molecular flexibility index (Phi) is 1.45. The maximum absolute atomic E-state index is 12.4. The van der Waals surface area contributed by atoms with E-state index in [4.69, 9.17) is 11.6 Å². The lowest BCUT2D eigenvalue weighted by molar-refractivity contribution is 0.277. The van der Waals surface area contributed by atoms with Crippen LogP contribution in [0.2, 0.25) is 0 Å². The summed E-state index contributed by atoms with van der Waals surface area (Å²) < 4.78 is 24.5. The van der Waals surface area contributed by atoms with Gasteiger partial charge in [0.25, 0.3) is 5.25 Å². The van der Waals surface area contributed by atoms with Crippen LogP contribution in [0.15, 0.2) is 24.2 Å². The largest absolute Gasteiger partial charge is 0.314 e. The lowest BCUT2D eigenvalue weighted by Gasteiger charge is -2.16. The van der Waals surface area contributed by atoms with Gasteiger partial charge in [-0.05, 0) is 12.2 Å². The van der Waals surface area contributed by atoms with Crippen LogP contribution in [0.4, 0.5) is 8.78 Å². The summed E-state index contributed by atoms with van der Waals surface area (Å²) in [5.41, 5.74) is 0. The second kappa shape index (κ2) is 1.99. The zero-order valence-corrected chi connectivity index (χ0v) is 5.12. The fourth-order valence-corrected chi connectivity index (χ4v) is 0.659. The Balaban J connectivity index is 2.73. The number of hydrogen-bond acceptors (Lipinski definition) is 1. The molecule has 1 N–H and O–H groups in total. The van der Waals surface area contributed by atoms with Gasteiger partial charge in [-0.25, -0.2) is 0 Å². The van der Waals surface area contributed by atoms with E-state index in [2.05, 4.69) is 0 Å². The lowest BCUT2D eigenvalue weighted by Crippen LogP contribution is -2.32. The zero-order chi connectivity index (χ0) is 6.91. The van der Waals surface area contributed by atoms with Gasteiger partial charge in [0.05, 0.1) is 0 Å². The van der Waals surface area contributed by atoms with Crippen molar-refractivity contribution in [3.05, 3.63) is 24.2 Å². The number of rotatable bonds is 0. The molecule has 1 rings (SSSR count). The summed E-state index contributed by atoms with van der Waals surface area (Å²) in [5, 5.41) is -0.489. The molecule has 1 atom stereocenters. The van der Waals surface area contributed by atoms with E-state index in [-0.39, 0.29) is 0 Å². The molecule has 0 aromatic heterocycles. The van der Waals surface area contributed by atoms with Gasteiger partial charge in [0, 0.05) is 0 Å². The van der Waals surface area contributed by atoms with Crippen LogP contribution in [0, 0.1) is 0 Å². The monoisotopic (exact) mass is 151 g/mol. The van der Waals surface area contributed by atoms with Crippen LogP contribution in [0.5, 0.6) is 0 Å². The molecule has 0 saturated carbocycles. The molecule has 0 aliphatic carbocycles. The summed E-state index contributed by atoms with van der Waals surface area (Å²) in [5.74, 6) is -0.769. The van der Waals surface area contributed by atoms with E-state index in [1.807, 2.05) is 0 Å². The Hall–Kier alpha value is -0.570. The van der Waals surface area contributed by atoms with Gasteiger partial charge in [-0.3, -0.25) is 0 Å². The SMILES string of the molecule is FC1=CC=CC(F)(Cl)N1. The van der Waals surface area contributed by atoms with Crippen LogP contribution in [-0.2, 0) is 0 Å². The maximum atomic E-state index is 12.4. The smallest absolute Gasteiger partial charge is 0.277 e. The minimum Gasteiger partial charge on any atom is -0.314 e. The summed E-state index contributed by atoms with van der Waals surface area (Å²) in [6.45, 7) is 0. The second-order valence-corrected chi connectivity index (χ2v) is 2.17. The molecule has 1 aliphatic heterocycles. The van der Waals surface area contributed by atoms with Gasteiger partial charge in [0.15, 0.2) is 5.95 Å². The molecular weight excluding hydrogens is 148 g/mol. The summed E-state index contributed by atoms with van der Waals surface area (Å²) in [4.78, 5) is 0. The van der Waals surface area contributed by atoms with Crippen LogP contribution in [0.3, 0.4) is 0 Å². The quantitative estimate of drug-likeness (QED) is 0.411. The first kappa shape index (κ1) is 6.55. The zero-order valence-electron chi connectivity index (χ0n) is 4.37. The molecule has 1 aliphatic rings. The molecule has 1 heterocycles. The molecule has 0 spiro atoms. The van der Waals surface area contributed by atoms with Gasteiger partial charge >= 0.3 is 0 Å². The molecule has 0 aromatic carbocycles. The average molecular weight is 152 g/mol. The molecule has 9 heavy (non-hydrogen) atoms. The third-order valence-electron chi connectivity index (χ3n) is 0.834. The number of dihydropyridines is 1. The van der Waals surface area contributed by atoms with Crippen molar-refractivity contribution in [2.24, 2.45) is 0 Å². The average Bonchev–Trinajstić information content (AvgIpc) is 1.60. The topological polar surface area (TPSA) is 12.0 Å². The highest BCUT2D eigenvalue weighted by molar-refractivity contribution is 6.23. The van der Waals surface area contributed by atoms with E-state index in [9.17, 15) is 8.78 Å². The summed E-state index contributed by atoms with van der Waals surface area (Å²) in [7, 11) is 0. The van der Waals surface area contributed by atoms with Crippen LogP contribution < -0.4 is 5.32 Å². The molecule has 0 fully saturated rings. The van der Waals surface area contributed by atoms with Gasteiger partial charge in [0.1, 0.15) is 0 Å². The minimum atomic E-state index is -2.25. The van der Waals surface area contributed by atoms with Gasteiger partial charge in [0.2, 0.25) is 0 Å².